The zero-order chi connectivity index (χ0) is 15.1. The summed E-state index contributed by atoms with van der Waals surface area (Å²) in [5.74, 6) is 2.79. The van der Waals surface area contributed by atoms with Crippen LogP contribution in [0.15, 0.2) is 36.4 Å². The maximum Gasteiger partial charge on any atom is 0.218 e. The SMILES string of the molecule is COc1cc(NCCc2ccccc2)nc(CC(C)C)n1. The van der Waals surface area contributed by atoms with E-state index in [4.69, 9.17) is 4.74 Å². The molecule has 0 radical (unpaired) electrons. The first kappa shape index (κ1) is 15.3. The van der Waals surface area contributed by atoms with E-state index in [1.807, 2.05) is 12.1 Å². The van der Waals surface area contributed by atoms with E-state index in [-0.39, 0.29) is 0 Å². The van der Waals surface area contributed by atoms with Crippen molar-refractivity contribution in [1.82, 2.24) is 9.97 Å². The van der Waals surface area contributed by atoms with Crippen molar-refractivity contribution in [2.24, 2.45) is 5.92 Å². The van der Waals surface area contributed by atoms with E-state index in [1.165, 1.54) is 5.56 Å². The number of rotatable bonds is 7. The van der Waals surface area contributed by atoms with Crippen LogP contribution in [-0.2, 0) is 12.8 Å². The minimum atomic E-state index is 0.522. The van der Waals surface area contributed by atoms with E-state index in [2.05, 4.69) is 53.4 Å². The van der Waals surface area contributed by atoms with E-state index >= 15 is 0 Å². The first-order chi connectivity index (χ1) is 10.2. The van der Waals surface area contributed by atoms with E-state index in [9.17, 15) is 0 Å². The highest BCUT2D eigenvalue weighted by Gasteiger charge is 2.06. The predicted octanol–water partition coefficient (Wildman–Crippen LogP) is 3.34. The minimum absolute atomic E-state index is 0.522. The Labute approximate surface area is 126 Å². The van der Waals surface area contributed by atoms with Crippen LogP contribution in [0.5, 0.6) is 5.88 Å². The van der Waals surface area contributed by atoms with E-state index in [0.29, 0.717) is 11.8 Å². The molecule has 0 spiro atoms. The maximum absolute atomic E-state index is 5.25. The third-order valence-electron chi connectivity index (χ3n) is 3.11. The van der Waals surface area contributed by atoms with Crippen molar-refractivity contribution in [2.75, 3.05) is 19.0 Å². The number of benzene rings is 1. The van der Waals surface area contributed by atoms with Gasteiger partial charge in [-0.25, -0.2) is 4.98 Å². The van der Waals surface area contributed by atoms with Crippen molar-refractivity contribution in [3.8, 4) is 5.88 Å². The summed E-state index contributed by atoms with van der Waals surface area (Å²) < 4.78 is 5.25. The van der Waals surface area contributed by atoms with Crippen LogP contribution in [0.4, 0.5) is 5.82 Å². The molecule has 4 heteroatoms. The summed E-state index contributed by atoms with van der Waals surface area (Å²) >= 11 is 0. The number of hydrogen-bond acceptors (Lipinski definition) is 4. The van der Waals surface area contributed by atoms with E-state index < -0.39 is 0 Å². The van der Waals surface area contributed by atoms with Crippen LogP contribution in [0.3, 0.4) is 0 Å². The lowest BCUT2D eigenvalue weighted by atomic mass is 10.1. The zero-order valence-electron chi connectivity index (χ0n) is 13.0. The Kier molecular flexibility index (Phi) is 5.55. The van der Waals surface area contributed by atoms with Gasteiger partial charge >= 0.3 is 0 Å². The Morgan fingerprint density at radius 1 is 1.14 bits per heavy atom. The average Bonchev–Trinajstić information content (AvgIpc) is 2.47. The Morgan fingerprint density at radius 2 is 1.90 bits per heavy atom. The van der Waals surface area contributed by atoms with Gasteiger partial charge in [-0.05, 0) is 17.9 Å². The highest BCUT2D eigenvalue weighted by Crippen LogP contribution is 2.15. The van der Waals surface area contributed by atoms with Crippen LogP contribution in [0.2, 0.25) is 0 Å². The lowest BCUT2D eigenvalue weighted by Crippen LogP contribution is -2.10. The van der Waals surface area contributed by atoms with Gasteiger partial charge in [0.1, 0.15) is 11.6 Å². The third-order valence-corrected chi connectivity index (χ3v) is 3.11. The van der Waals surface area contributed by atoms with Crippen LogP contribution in [0, 0.1) is 5.92 Å². The molecule has 1 aromatic heterocycles. The molecule has 0 aliphatic heterocycles. The summed E-state index contributed by atoms with van der Waals surface area (Å²) in [6.07, 6.45) is 1.82. The lowest BCUT2D eigenvalue weighted by molar-refractivity contribution is 0.394. The second-order valence-corrected chi connectivity index (χ2v) is 5.47. The topological polar surface area (TPSA) is 47.0 Å². The summed E-state index contributed by atoms with van der Waals surface area (Å²) in [4.78, 5) is 8.94. The Hall–Kier alpha value is -2.10. The average molecular weight is 285 g/mol. The van der Waals surface area contributed by atoms with Crippen LogP contribution in [0.25, 0.3) is 0 Å². The summed E-state index contributed by atoms with van der Waals surface area (Å²) in [5, 5.41) is 3.35. The summed E-state index contributed by atoms with van der Waals surface area (Å²) in [7, 11) is 1.63. The van der Waals surface area contributed by atoms with Crippen molar-refractivity contribution in [3.63, 3.8) is 0 Å². The summed E-state index contributed by atoms with van der Waals surface area (Å²) in [5.41, 5.74) is 1.31. The largest absolute Gasteiger partial charge is 0.481 e. The van der Waals surface area contributed by atoms with Crippen LogP contribution in [0.1, 0.15) is 25.2 Å². The number of nitrogens with zero attached hydrogens (tertiary/aromatic N) is 2. The minimum Gasteiger partial charge on any atom is -0.481 e. The second kappa shape index (κ2) is 7.62. The molecular weight excluding hydrogens is 262 g/mol. The molecule has 0 amide bonds. The predicted molar refractivity (Wildman–Crippen MR) is 85.8 cm³/mol. The maximum atomic E-state index is 5.25. The normalized spacial score (nSPS) is 10.7. The fraction of sp³-hybridized carbons (Fsp3) is 0.412. The van der Waals surface area contributed by atoms with Gasteiger partial charge in [0.15, 0.2) is 0 Å². The molecule has 0 unspecified atom stereocenters. The molecular formula is C17H23N3O. The van der Waals surface area contributed by atoms with Gasteiger partial charge in [0.25, 0.3) is 0 Å². The van der Waals surface area contributed by atoms with Gasteiger partial charge < -0.3 is 10.1 Å². The van der Waals surface area contributed by atoms with Crippen LogP contribution < -0.4 is 10.1 Å². The van der Waals surface area contributed by atoms with Crippen molar-refractivity contribution in [3.05, 3.63) is 47.8 Å². The molecule has 1 heterocycles. The fourth-order valence-electron chi connectivity index (χ4n) is 2.10. The Balaban J connectivity index is 1.98. The Bertz CT molecular complexity index is 555. The van der Waals surface area contributed by atoms with E-state index in [0.717, 1.165) is 31.0 Å². The first-order valence-corrected chi connectivity index (χ1v) is 7.37. The molecule has 21 heavy (non-hydrogen) atoms. The number of nitrogens with one attached hydrogen (secondary N) is 1. The van der Waals surface area contributed by atoms with Crippen molar-refractivity contribution in [1.29, 1.82) is 0 Å². The van der Waals surface area contributed by atoms with Crippen LogP contribution >= 0.6 is 0 Å². The molecule has 0 aliphatic carbocycles. The first-order valence-electron chi connectivity index (χ1n) is 7.37. The molecule has 4 nitrogen and oxygen atoms in total. The van der Waals surface area contributed by atoms with Gasteiger partial charge in [-0.2, -0.15) is 4.98 Å². The van der Waals surface area contributed by atoms with Crippen molar-refractivity contribution < 1.29 is 4.74 Å². The molecule has 2 rings (SSSR count). The Morgan fingerprint density at radius 3 is 2.57 bits per heavy atom. The molecule has 0 atom stereocenters. The van der Waals surface area contributed by atoms with Crippen molar-refractivity contribution in [2.45, 2.75) is 26.7 Å². The molecule has 0 bridgehead atoms. The zero-order valence-corrected chi connectivity index (χ0v) is 13.0. The van der Waals surface area contributed by atoms with Crippen molar-refractivity contribution >= 4 is 5.82 Å². The standard InChI is InChI=1S/C17H23N3O/c1-13(2)11-16-19-15(12-17(20-16)21-3)18-10-9-14-7-5-4-6-8-14/h4-8,12-13H,9-11H2,1-3H3,(H,18,19,20). The van der Waals surface area contributed by atoms with Gasteiger partial charge in [0.2, 0.25) is 5.88 Å². The summed E-state index contributed by atoms with van der Waals surface area (Å²) in [6, 6.07) is 12.3. The van der Waals surface area contributed by atoms with Gasteiger partial charge in [-0.3, -0.25) is 0 Å². The fourth-order valence-corrected chi connectivity index (χ4v) is 2.10. The molecule has 0 aliphatic rings. The van der Waals surface area contributed by atoms with Gasteiger partial charge in [-0.1, -0.05) is 44.2 Å². The highest BCUT2D eigenvalue weighted by molar-refractivity contribution is 5.38. The molecule has 2 aromatic rings. The molecule has 0 saturated heterocycles. The number of ether oxygens (including phenoxy) is 1. The lowest BCUT2D eigenvalue weighted by Gasteiger charge is -2.10. The number of methoxy groups -OCH3 is 1. The van der Waals surface area contributed by atoms with Gasteiger partial charge in [0.05, 0.1) is 7.11 Å². The number of hydrogen-bond donors (Lipinski definition) is 1. The third kappa shape index (κ3) is 5.06. The highest BCUT2D eigenvalue weighted by atomic mass is 16.5. The van der Waals surface area contributed by atoms with Crippen LogP contribution in [-0.4, -0.2) is 23.6 Å². The smallest absolute Gasteiger partial charge is 0.218 e. The molecule has 112 valence electrons. The van der Waals surface area contributed by atoms with E-state index in [1.54, 1.807) is 7.11 Å². The summed E-state index contributed by atoms with van der Waals surface area (Å²) in [6.45, 7) is 5.15. The number of anilines is 1. The number of aromatic nitrogens is 2. The van der Waals surface area contributed by atoms with Gasteiger partial charge in [0, 0.05) is 19.0 Å². The quantitative estimate of drug-likeness (QED) is 0.847. The van der Waals surface area contributed by atoms with Gasteiger partial charge in [-0.15, -0.1) is 0 Å². The molecule has 1 aromatic carbocycles. The molecule has 1 N–H and O–H groups in total. The molecule has 0 fully saturated rings. The second-order valence-electron chi connectivity index (χ2n) is 5.47. The molecule has 0 saturated carbocycles. The monoisotopic (exact) mass is 285 g/mol.